The highest BCUT2D eigenvalue weighted by atomic mass is 19.1. The Balaban J connectivity index is 1.45. The van der Waals surface area contributed by atoms with Crippen LogP contribution in [0, 0.1) is 5.82 Å². The number of halogens is 1. The van der Waals surface area contributed by atoms with Gasteiger partial charge < -0.3 is 15.0 Å². The van der Waals surface area contributed by atoms with Gasteiger partial charge in [0.25, 0.3) is 5.91 Å². The minimum Gasteiger partial charge on any atom is -0.452 e. The molecule has 0 radical (unpaired) electrons. The maximum atomic E-state index is 12.8. The van der Waals surface area contributed by atoms with Crippen LogP contribution in [0.3, 0.4) is 0 Å². The van der Waals surface area contributed by atoms with Crippen molar-refractivity contribution >= 4 is 35.2 Å². The Morgan fingerprint density at radius 2 is 1.82 bits per heavy atom. The normalized spacial score (nSPS) is 13.8. The maximum Gasteiger partial charge on any atom is 0.331 e. The number of anilines is 2. The van der Waals surface area contributed by atoms with Gasteiger partial charge in [-0.05, 0) is 54.5 Å². The van der Waals surface area contributed by atoms with Crippen LogP contribution in [0.4, 0.5) is 15.8 Å². The molecule has 2 amide bonds. The zero-order valence-electron chi connectivity index (χ0n) is 15.1. The van der Waals surface area contributed by atoms with Crippen molar-refractivity contribution in [1.82, 2.24) is 0 Å². The Morgan fingerprint density at radius 3 is 2.46 bits per heavy atom. The number of ether oxygens (including phenoxy) is 1. The lowest BCUT2D eigenvalue weighted by atomic mass is 10.2. The van der Waals surface area contributed by atoms with E-state index in [0.29, 0.717) is 24.2 Å². The molecule has 3 rings (SSSR count). The standard InChI is InChI=1S/C21H19FN2O4/c22-16-6-3-15(4-7-16)5-12-21(27)28-14-19(25)23-17-8-10-18(11-9-17)24-13-1-2-20(24)26/h3-12H,1-2,13-14H2,(H,23,25)/b12-5+. The number of rotatable bonds is 6. The number of benzene rings is 2. The minimum absolute atomic E-state index is 0.0948. The smallest absolute Gasteiger partial charge is 0.331 e. The first kappa shape index (κ1) is 19.3. The van der Waals surface area contributed by atoms with Crippen LogP contribution in [0.15, 0.2) is 54.6 Å². The van der Waals surface area contributed by atoms with Crippen molar-refractivity contribution in [1.29, 1.82) is 0 Å². The summed E-state index contributed by atoms with van der Waals surface area (Å²) in [6.45, 7) is 0.269. The molecule has 0 saturated carbocycles. The fourth-order valence-corrected chi connectivity index (χ4v) is 2.77. The Labute approximate surface area is 161 Å². The highest BCUT2D eigenvalue weighted by Crippen LogP contribution is 2.22. The second-order valence-corrected chi connectivity index (χ2v) is 6.24. The van der Waals surface area contributed by atoms with Crippen LogP contribution >= 0.6 is 0 Å². The van der Waals surface area contributed by atoms with E-state index in [1.54, 1.807) is 29.2 Å². The lowest BCUT2D eigenvalue weighted by Crippen LogP contribution is -2.23. The molecule has 0 aromatic heterocycles. The van der Waals surface area contributed by atoms with Gasteiger partial charge in [0.1, 0.15) is 5.82 Å². The number of carbonyl (C=O) groups is 3. The lowest BCUT2D eigenvalue weighted by Gasteiger charge is -2.16. The summed E-state index contributed by atoms with van der Waals surface area (Å²) in [4.78, 5) is 37.0. The van der Waals surface area contributed by atoms with Crippen molar-refractivity contribution in [3.8, 4) is 0 Å². The van der Waals surface area contributed by atoms with E-state index < -0.39 is 18.5 Å². The van der Waals surface area contributed by atoms with Gasteiger partial charge in [-0.1, -0.05) is 12.1 Å². The average molecular weight is 382 g/mol. The Hall–Kier alpha value is -3.48. The SMILES string of the molecule is O=C(COC(=O)/C=C/c1ccc(F)cc1)Nc1ccc(N2CCCC2=O)cc1. The molecule has 1 aliphatic heterocycles. The summed E-state index contributed by atoms with van der Waals surface area (Å²) in [6.07, 6.45) is 4.04. The Bertz CT molecular complexity index is 892. The summed E-state index contributed by atoms with van der Waals surface area (Å²) < 4.78 is 17.7. The van der Waals surface area contributed by atoms with Crippen LogP contribution in [0.1, 0.15) is 18.4 Å². The molecule has 1 N–H and O–H groups in total. The van der Waals surface area contributed by atoms with Gasteiger partial charge in [0.2, 0.25) is 5.91 Å². The number of carbonyl (C=O) groups excluding carboxylic acids is 3. The third-order valence-electron chi connectivity index (χ3n) is 4.16. The maximum absolute atomic E-state index is 12.8. The van der Waals surface area contributed by atoms with E-state index in [1.807, 2.05) is 0 Å². The quantitative estimate of drug-likeness (QED) is 0.615. The molecule has 0 bridgehead atoms. The van der Waals surface area contributed by atoms with Gasteiger partial charge in [-0.2, -0.15) is 0 Å². The van der Waals surface area contributed by atoms with Crippen molar-refractivity contribution in [2.75, 3.05) is 23.4 Å². The Kier molecular flexibility index (Phi) is 6.16. The predicted octanol–water partition coefficient (Wildman–Crippen LogP) is 3.15. The fourth-order valence-electron chi connectivity index (χ4n) is 2.77. The lowest BCUT2D eigenvalue weighted by molar-refractivity contribution is -0.142. The van der Waals surface area contributed by atoms with Crippen molar-refractivity contribution < 1.29 is 23.5 Å². The molecule has 7 heteroatoms. The molecule has 1 saturated heterocycles. The molecular weight excluding hydrogens is 363 g/mol. The van der Waals surface area contributed by atoms with Gasteiger partial charge in [-0.3, -0.25) is 9.59 Å². The van der Waals surface area contributed by atoms with Crippen molar-refractivity contribution in [2.24, 2.45) is 0 Å². The first-order chi connectivity index (χ1) is 13.5. The molecule has 0 spiro atoms. The number of amides is 2. The van der Waals surface area contributed by atoms with Crippen molar-refractivity contribution in [2.45, 2.75) is 12.8 Å². The third-order valence-corrected chi connectivity index (χ3v) is 4.16. The van der Waals surface area contributed by atoms with E-state index in [9.17, 15) is 18.8 Å². The molecule has 6 nitrogen and oxygen atoms in total. The van der Waals surface area contributed by atoms with Gasteiger partial charge in [-0.15, -0.1) is 0 Å². The summed E-state index contributed by atoms with van der Waals surface area (Å²) in [7, 11) is 0. The van der Waals surface area contributed by atoms with E-state index in [4.69, 9.17) is 4.74 Å². The molecule has 0 aliphatic carbocycles. The second kappa shape index (κ2) is 8.94. The number of hydrogen-bond donors (Lipinski definition) is 1. The third kappa shape index (κ3) is 5.26. The number of nitrogens with zero attached hydrogens (tertiary/aromatic N) is 1. The first-order valence-corrected chi connectivity index (χ1v) is 8.82. The van der Waals surface area contributed by atoms with Gasteiger partial charge in [0.15, 0.2) is 6.61 Å². The average Bonchev–Trinajstić information content (AvgIpc) is 3.12. The van der Waals surface area contributed by atoms with E-state index in [2.05, 4.69) is 5.32 Å². The molecule has 0 unspecified atom stereocenters. The van der Waals surface area contributed by atoms with Gasteiger partial charge >= 0.3 is 5.97 Å². The zero-order valence-corrected chi connectivity index (χ0v) is 15.1. The predicted molar refractivity (Wildman–Crippen MR) is 103 cm³/mol. The molecule has 28 heavy (non-hydrogen) atoms. The van der Waals surface area contributed by atoms with E-state index >= 15 is 0 Å². The topological polar surface area (TPSA) is 75.7 Å². The second-order valence-electron chi connectivity index (χ2n) is 6.24. The molecule has 2 aromatic carbocycles. The number of hydrogen-bond acceptors (Lipinski definition) is 4. The van der Waals surface area contributed by atoms with Crippen LogP contribution in [0.2, 0.25) is 0 Å². The molecule has 144 valence electrons. The summed E-state index contributed by atoms with van der Waals surface area (Å²) in [5, 5.41) is 2.62. The highest BCUT2D eigenvalue weighted by molar-refractivity contribution is 5.97. The highest BCUT2D eigenvalue weighted by Gasteiger charge is 2.21. The summed E-state index contributed by atoms with van der Waals surface area (Å²) in [6, 6.07) is 12.5. The van der Waals surface area contributed by atoms with Gasteiger partial charge in [0, 0.05) is 30.4 Å². The van der Waals surface area contributed by atoms with E-state index in [1.165, 1.54) is 36.4 Å². The van der Waals surface area contributed by atoms with Crippen molar-refractivity contribution in [3.05, 3.63) is 66.0 Å². The fraction of sp³-hybridized carbons (Fsp3) is 0.190. The van der Waals surface area contributed by atoms with Crippen LogP contribution in [-0.4, -0.2) is 30.9 Å². The minimum atomic E-state index is -0.678. The summed E-state index contributed by atoms with van der Waals surface area (Å²) >= 11 is 0. The number of esters is 1. The van der Waals surface area contributed by atoms with Gasteiger partial charge in [-0.25, -0.2) is 9.18 Å². The van der Waals surface area contributed by atoms with Crippen LogP contribution < -0.4 is 10.2 Å². The molecule has 0 atom stereocenters. The van der Waals surface area contributed by atoms with Crippen LogP contribution in [0.25, 0.3) is 6.08 Å². The van der Waals surface area contributed by atoms with Crippen molar-refractivity contribution in [3.63, 3.8) is 0 Å². The first-order valence-electron chi connectivity index (χ1n) is 8.82. The van der Waals surface area contributed by atoms with E-state index in [0.717, 1.165) is 12.1 Å². The van der Waals surface area contributed by atoms with Gasteiger partial charge in [0.05, 0.1) is 0 Å². The monoisotopic (exact) mass is 382 g/mol. The van der Waals surface area contributed by atoms with E-state index in [-0.39, 0.29) is 11.7 Å². The molecule has 2 aromatic rings. The Morgan fingerprint density at radius 1 is 1.11 bits per heavy atom. The largest absolute Gasteiger partial charge is 0.452 e. The van der Waals surface area contributed by atoms with Crippen LogP contribution in [0.5, 0.6) is 0 Å². The molecule has 1 fully saturated rings. The van der Waals surface area contributed by atoms with Crippen LogP contribution in [-0.2, 0) is 19.1 Å². The zero-order chi connectivity index (χ0) is 19.9. The molecule has 1 aliphatic rings. The number of nitrogens with one attached hydrogen (secondary N) is 1. The summed E-state index contributed by atoms with van der Waals surface area (Å²) in [5.41, 5.74) is 1.97. The molecule has 1 heterocycles. The molecular formula is C21H19FN2O4. The summed E-state index contributed by atoms with van der Waals surface area (Å²) in [5.74, 6) is -1.43.